The van der Waals surface area contributed by atoms with Crippen molar-refractivity contribution in [3.8, 4) is 0 Å². The third kappa shape index (κ3) is 5.61. The Morgan fingerprint density at radius 1 is 1.30 bits per heavy atom. The van der Waals surface area contributed by atoms with E-state index in [2.05, 4.69) is 0 Å². The molecule has 0 heterocycles. The molecule has 0 unspecified atom stereocenters. The van der Waals surface area contributed by atoms with Gasteiger partial charge in [-0.25, -0.2) is 0 Å². The Bertz CT molecular complexity index is 446. The first-order valence-electron chi connectivity index (χ1n) is 6.33. The monoisotopic (exact) mass is 289 g/mol. The number of hydrogen-bond donors (Lipinski definition) is 1. The van der Waals surface area contributed by atoms with Gasteiger partial charge >= 0.3 is 6.18 Å². The van der Waals surface area contributed by atoms with Gasteiger partial charge in [-0.3, -0.25) is 4.79 Å². The SMILES string of the molecule is Cc1ccccc1CCC(=O)N(CCO)CC(F)(F)F. The lowest BCUT2D eigenvalue weighted by atomic mass is 10.0. The van der Waals surface area contributed by atoms with Crippen LogP contribution in [0.5, 0.6) is 0 Å². The van der Waals surface area contributed by atoms with E-state index in [1.165, 1.54) is 0 Å². The van der Waals surface area contributed by atoms with Gasteiger partial charge in [-0.15, -0.1) is 0 Å². The van der Waals surface area contributed by atoms with Crippen molar-refractivity contribution < 1.29 is 23.1 Å². The van der Waals surface area contributed by atoms with Crippen LogP contribution in [0, 0.1) is 6.92 Å². The van der Waals surface area contributed by atoms with Gasteiger partial charge in [0.1, 0.15) is 6.54 Å². The Balaban J connectivity index is 2.60. The number of benzene rings is 1. The summed E-state index contributed by atoms with van der Waals surface area (Å²) in [6.07, 6.45) is -4.06. The summed E-state index contributed by atoms with van der Waals surface area (Å²) in [6, 6.07) is 7.43. The van der Waals surface area contributed by atoms with Crippen molar-refractivity contribution in [1.29, 1.82) is 0 Å². The maximum Gasteiger partial charge on any atom is 0.406 e. The van der Waals surface area contributed by atoms with Crippen LogP contribution in [0.3, 0.4) is 0 Å². The minimum absolute atomic E-state index is 0.000926. The van der Waals surface area contributed by atoms with Crippen LogP contribution >= 0.6 is 0 Å². The molecule has 20 heavy (non-hydrogen) atoms. The molecule has 112 valence electrons. The van der Waals surface area contributed by atoms with Gasteiger partial charge in [-0.1, -0.05) is 24.3 Å². The van der Waals surface area contributed by atoms with Crippen molar-refractivity contribution >= 4 is 5.91 Å². The summed E-state index contributed by atoms with van der Waals surface area (Å²) in [4.78, 5) is 12.5. The van der Waals surface area contributed by atoms with Crippen molar-refractivity contribution in [2.24, 2.45) is 0 Å². The van der Waals surface area contributed by atoms with E-state index >= 15 is 0 Å². The topological polar surface area (TPSA) is 40.5 Å². The van der Waals surface area contributed by atoms with Gasteiger partial charge in [0.05, 0.1) is 6.61 Å². The molecule has 1 amide bonds. The van der Waals surface area contributed by atoms with E-state index in [1.54, 1.807) is 0 Å². The summed E-state index contributed by atoms with van der Waals surface area (Å²) in [6.45, 7) is -0.209. The second-order valence-corrected chi connectivity index (χ2v) is 4.58. The highest BCUT2D eigenvalue weighted by atomic mass is 19.4. The molecule has 1 N–H and O–H groups in total. The van der Waals surface area contributed by atoms with Crippen LogP contribution in [0.25, 0.3) is 0 Å². The van der Waals surface area contributed by atoms with Gasteiger partial charge in [0, 0.05) is 13.0 Å². The number of nitrogens with zero attached hydrogens (tertiary/aromatic N) is 1. The van der Waals surface area contributed by atoms with Crippen LogP contribution in [-0.4, -0.2) is 41.8 Å². The van der Waals surface area contributed by atoms with Gasteiger partial charge in [-0.2, -0.15) is 13.2 Å². The number of amides is 1. The fourth-order valence-corrected chi connectivity index (χ4v) is 1.92. The molecule has 0 radical (unpaired) electrons. The number of aryl methyl sites for hydroxylation is 2. The van der Waals surface area contributed by atoms with Crippen molar-refractivity contribution in [3.05, 3.63) is 35.4 Å². The zero-order chi connectivity index (χ0) is 15.2. The van der Waals surface area contributed by atoms with Gasteiger partial charge in [-0.05, 0) is 24.5 Å². The molecule has 0 aliphatic heterocycles. The normalized spacial score (nSPS) is 11.4. The quantitative estimate of drug-likeness (QED) is 0.873. The number of rotatable bonds is 6. The zero-order valence-corrected chi connectivity index (χ0v) is 11.3. The first-order chi connectivity index (χ1) is 9.33. The molecule has 6 heteroatoms. The second-order valence-electron chi connectivity index (χ2n) is 4.58. The fourth-order valence-electron chi connectivity index (χ4n) is 1.92. The Morgan fingerprint density at radius 2 is 1.95 bits per heavy atom. The van der Waals surface area contributed by atoms with E-state index in [1.807, 2.05) is 31.2 Å². The molecule has 0 saturated heterocycles. The van der Waals surface area contributed by atoms with Gasteiger partial charge in [0.2, 0.25) is 5.91 Å². The molecule has 0 aliphatic rings. The van der Waals surface area contributed by atoms with Crippen molar-refractivity contribution in [2.75, 3.05) is 19.7 Å². The van der Waals surface area contributed by atoms with Crippen LogP contribution in [-0.2, 0) is 11.2 Å². The van der Waals surface area contributed by atoms with E-state index in [9.17, 15) is 18.0 Å². The third-order valence-corrected chi connectivity index (χ3v) is 2.96. The molecule has 0 aliphatic carbocycles. The molecule has 3 nitrogen and oxygen atoms in total. The molecular formula is C14H18F3NO2. The zero-order valence-electron chi connectivity index (χ0n) is 11.3. The molecule has 0 atom stereocenters. The van der Waals surface area contributed by atoms with E-state index in [-0.39, 0.29) is 13.0 Å². The summed E-state index contributed by atoms with van der Waals surface area (Å²) in [5.41, 5.74) is 1.95. The van der Waals surface area contributed by atoms with Crippen LogP contribution < -0.4 is 0 Å². The fraction of sp³-hybridized carbons (Fsp3) is 0.500. The predicted molar refractivity (Wildman–Crippen MR) is 69.2 cm³/mol. The first-order valence-corrected chi connectivity index (χ1v) is 6.33. The highest BCUT2D eigenvalue weighted by Gasteiger charge is 2.32. The Morgan fingerprint density at radius 3 is 2.50 bits per heavy atom. The lowest BCUT2D eigenvalue weighted by Gasteiger charge is -2.23. The molecule has 0 fully saturated rings. The van der Waals surface area contributed by atoms with Crippen molar-refractivity contribution in [1.82, 2.24) is 4.90 Å². The van der Waals surface area contributed by atoms with E-state index in [4.69, 9.17) is 5.11 Å². The minimum atomic E-state index is -4.45. The molecule has 1 aromatic rings. The minimum Gasteiger partial charge on any atom is -0.395 e. The molecular weight excluding hydrogens is 271 g/mol. The van der Waals surface area contributed by atoms with E-state index in [0.29, 0.717) is 11.3 Å². The average molecular weight is 289 g/mol. The summed E-state index contributed by atoms with van der Waals surface area (Å²) in [7, 11) is 0. The van der Waals surface area contributed by atoms with Gasteiger partial charge in [0.15, 0.2) is 0 Å². The highest BCUT2D eigenvalue weighted by molar-refractivity contribution is 5.76. The number of carbonyl (C=O) groups is 1. The van der Waals surface area contributed by atoms with Crippen LogP contribution in [0.1, 0.15) is 17.5 Å². The third-order valence-electron chi connectivity index (χ3n) is 2.96. The highest BCUT2D eigenvalue weighted by Crippen LogP contribution is 2.17. The average Bonchev–Trinajstić information content (AvgIpc) is 2.35. The Kier molecular flexibility index (Phi) is 6.01. The van der Waals surface area contributed by atoms with Crippen molar-refractivity contribution in [3.63, 3.8) is 0 Å². The van der Waals surface area contributed by atoms with E-state index in [0.717, 1.165) is 11.1 Å². The standard InChI is InChI=1S/C14H18F3NO2/c1-11-4-2-3-5-12(11)6-7-13(20)18(8-9-19)10-14(15,16)17/h2-5,19H,6-10H2,1H3. The van der Waals surface area contributed by atoms with Crippen LogP contribution in [0.2, 0.25) is 0 Å². The Labute approximate surface area is 116 Å². The number of halogens is 3. The van der Waals surface area contributed by atoms with Gasteiger partial charge in [0.25, 0.3) is 0 Å². The number of alkyl halides is 3. The van der Waals surface area contributed by atoms with Gasteiger partial charge < -0.3 is 10.0 Å². The van der Waals surface area contributed by atoms with Crippen LogP contribution in [0.15, 0.2) is 24.3 Å². The number of carbonyl (C=O) groups excluding carboxylic acids is 1. The lowest BCUT2D eigenvalue weighted by molar-refractivity contribution is -0.162. The second kappa shape index (κ2) is 7.28. The summed E-state index contributed by atoms with van der Waals surface area (Å²) < 4.78 is 37.0. The number of hydrogen-bond acceptors (Lipinski definition) is 2. The first kappa shape index (κ1) is 16.5. The molecule has 1 aromatic carbocycles. The number of aliphatic hydroxyl groups excluding tert-OH is 1. The smallest absolute Gasteiger partial charge is 0.395 e. The molecule has 0 spiro atoms. The molecule has 0 saturated carbocycles. The maximum absolute atomic E-state index is 12.3. The van der Waals surface area contributed by atoms with Crippen LogP contribution in [0.4, 0.5) is 13.2 Å². The number of aliphatic hydroxyl groups is 1. The summed E-state index contributed by atoms with van der Waals surface area (Å²) in [5, 5.41) is 8.75. The predicted octanol–water partition coefficient (Wildman–Crippen LogP) is 2.31. The largest absolute Gasteiger partial charge is 0.406 e. The Hall–Kier alpha value is -1.56. The summed E-state index contributed by atoms with van der Waals surface area (Å²) >= 11 is 0. The molecule has 0 aromatic heterocycles. The lowest BCUT2D eigenvalue weighted by Crippen LogP contribution is -2.40. The maximum atomic E-state index is 12.3. The summed E-state index contributed by atoms with van der Waals surface area (Å²) in [5.74, 6) is -0.598. The molecule has 0 bridgehead atoms. The van der Waals surface area contributed by atoms with E-state index < -0.39 is 25.2 Å². The van der Waals surface area contributed by atoms with Crippen molar-refractivity contribution in [2.45, 2.75) is 25.9 Å². The molecule has 1 rings (SSSR count).